The summed E-state index contributed by atoms with van der Waals surface area (Å²) in [6.45, 7) is 3.85. The van der Waals surface area contributed by atoms with Crippen molar-refractivity contribution in [1.82, 2.24) is 4.90 Å². The summed E-state index contributed by atoms with van der Waals surface area (Å²) in [5.74, 6) is 0.422. The number of rotatable bonds is 2. The monoisotopic (exact) mass is 197 g/mol. The van der Waals surface area contributed by atoms with Gasteiger partial charge in [-0.25, -0.2) is 0 Å². The zero-order valence-corrected chi connectivity index (χ0v) is 8.71. The minimum absolute atomic E-state index is 0.422. The second kappa shape index (κ2) is 4.89. The third-order valence-corrected chi connectivity index (χ3v) is 3.15. The van der Waals surface area contributed by atoms with E-state index in [0.29, 0.717) is 11.9 Å². The Morgan fingerprint density at radius 2 is 2.07 bits per heavy atom. The van der Waals surface area contributed by atoms with Gasteiger partial charge in [0.2, 0.25) is 0 Å². The fourth-order valence-electron chi connectivity index (χ4n) is 2.22. The number of Topliss-reactive ketones (excluding diaryl/α,β-unsaturated/α-hetero) is 1. The molecule has 0 radical (unpaired) electrons. The van der Waals surface area contributed by atoms with Crippen LogP contribution < -0.4 is 0 Å². The Hall–Kier alpha value is -0.410. The Morgan fingerprint density at radius 3 is 2.71 bits per heavy atom. The number of carbonyl (C=O) groups is 1. The van der Waals surface area contributed by atoms with Gasteiger partial charge < -0.3 is 4.74 Å². The van der Waals surface area contributed by atoms with Gasteiger partial charge in [0.05, 0.1) is 6.10 Å². The Bertz CT molecular complexity index is 189. The second-order valence-corrected chi connectivity index (χ2v) is 4.33. The Labute approximate surface area is 85.4 Å². The summed E-state index contributed by atoms with van der Waals surface area (Å²) in [5, 5.41) is 0. The topological polar surface area (TPSA) is 29.5 Å². The molecule has 0 N–H and O–H groups in total. The van der Waals surface area contributed by atoms with Crippen LogP contribution in [0.2, 0.25) is 0 Å². The fraction of sp³-hybridized carbons (Fsp3) is 0.909. The van der Waals surface area contributed by atoms with Gasteiger partial charge in [0.15, 0.2) is 0 Å². The van der Waals surface area contributed by atoms with Crippen LogP contribution in [-0.2, 0) is 9.53 Å². The lowest BCUT2D eigenvalue weighted by molar-refractivity contribution is -0.122. The highest BCUT2D eigenvalue weighted by atomic mass is 16.5. The quantitative estimate of drug-likeness (QED) is 0.666. The van der Waals surface area contributed by atoms with Crippen molar-refractivity contribution in [2.75, 3.05) is 26.2 Å². The molecule has 1 atom stereocenters. The maximum Gasteiger partial charge on any atom is 0.135 e. The van der Waals surface area contributed by atoms with Crippen molar-refractivity contribution in [3.63, 3.8) is 0 Å². The van der Waals surface area contributed by atoms with Gasteiger partial charge in [-0.15, -0.1) is 0 Å². The minimum atomic E-state index is 0.422. The van der Waals surface area contributed by atoms with E-state index >= 15 is 0 Å². The van der Waals surface area contributed by atoms with Crippen LogP contribution in [-0.4, -0.2) is 43.0 Å². The Balaban J connectivity index is 1.71. The van der Waals surface area contributed by atoms with Crippen molar-refractivity contribution in [1.29, 1.82) is 0 Å². The van der Waals surface area contributed by atoms with Crippen LogP contribution in [0, 0.1) is 0 Å². The predicted molar refractivity (Wildman–Crippen MR) is 54.3 cm³/mol. The fourth-order valence-corrected chi connectivity index (χ4v) is 2.22. The lowest BCUT2D eigenvalue weighted by Gasteiger charge is -2.31. The molecule has 0 amide bonds. The lowest BCUT2D eigenvalue weighted by Crippen LogP contribution is -2.40. The third-order valence-electron chi connectivity index (χ3n) is 3.15. The van der Waals surface area contributed by atoms with Crippen LogP contribution in [0.3, 0.4) is 0 Å². The van der Waals surface area contributed by atoms with Crippen LogP contribution in [0.15, 0.2) is 0 Å². The van der Waals surface area contributed by atoms with Gasteiger partial charge in [-0.2, -0.15) is 0 Å². The number of hydrogen-bond acceptors (Lipinski definition) is 3. The molecule has 14 heavy (non-hydrogen) atoms. The van der Waals surface area contributed by atoms with E-state index in [9.17, 15) is 4.79 Å². The first kappa shape index (κ1) is 10.1. The molecule has 0 aromatic carbocycles. The molecule has 0 spiro atoms. The van der Waals surface area contributed by atoms with Crippen molar-refractivity contribution in [3.05, 3.63) is 0 Å². The molecule has 2 heterocycles. The molecule has 0 aromatic rings. The Morgan fingerprint density at radius 1 is 1.29 bits per heavy atom. The minimum Gasteiger partial charge on any atom is -0.377 e. The molecule has 0 bridgehead atoms. The third kappa shape index (κ3) is 2.79. The Kier molecular flexibility index (Phi) is 3.54. The molecule has 2 fully saturated rings. The molecule has 2 aliphatic heterocycles. The number of piperidine rings is 1. The smallest absolute Gasteiger partial charge is 0.135 e. The van der Waals surface area contributed by atoms with E-state index in [1.165, 1.54) is 19.3 Å². The van der Waals surface area contributed by atoms with E-state index in [4.69, 9.17) is 4.74 Å². The number of ether oxygens (including phenoxy) is 1. The van der Waals surface area contributed by atoms with Gasteiger partial charge >= 0.3 is 0 Å². The molecule has 0 aliphatic carbocycles. The van der Waals surface area contributed by atoms with Gasteiger partial charge in [0, 0.05) is 39.1 Å². The highest BCUT2D eigenvalue weighted by molar-refractivity contribution is 5.79. The number of nitrogens with zero attached hydrogens (tertiary/aromatic N) is 1. The van der Waals surface area contributed by atoms with Gasteiger partial charge in [-0.05, 0) is 19.3 Å². The van der Waals surface area contributed by atoms with Crippen molar-refractivity contribution in [3.8, 4) is 0 Å². The van der Waals surface area contributed by atoms with Gasteiger partial charge in [-0.3, -0.25) is 9.69 Å². The summed E-state index contributed by atoms with van der Waals surface area (Å²) in [6.07, 6.45) is 5.63. The van der Waals surface area contributed by atoms with E-state index in [1.807, 2.05) is 0 Å². The molecular weight excluding hydrogens is 178 g/mol. The highest BCUT2D eigenvalue weighted by Gasteiger charge is 2.21. The van der Waals surface area contributed by atoms with E-state index in [0.717, 1.165) is 39.1 Å². The van der Waals surface area contributed by atoms with Gasteiger partial charge in [0.25, 0.3) is 0 Å². The molecule has 2 saturated heterocycles. The molecule has 1 unspecified atom stereocenters. The predicted octanol–water partition coefficient (Wildman–Crippen LogP) is 1.22. The molecule has 0 saturated carbocycles. The van der Waals surface area contributed by atoms with E-state index < -0.39 is 0 Å². The summed E-state index contributed by atoms with van der Waals surface area (Å²) in [6, 6.07) is 0. The van der Waals surface area contributed by atoms with Crippen molar-refractivity contribution in [2.45, 2.75) is 38.2 Å². The lowest BCUT2D eigenvalue weighted by atomic mass is 10.1. The molecule has 3 nitrogen and oxygen atoms in total. The normalized spacial score (nSPS) is 30.6. The van der Waals surface area contributed by atoms with Crippen LogP contribution >= 0.6 is 0 Å². The maximum atomic E-state index is 11.0. The largest absolute Gasteiger partial charge is 0.377 e. The first-order valence-corrected chi connectivity index (χ1v) is 5.70. The average molecular weight is 197 g/mol. The number of hydrogen-bond donors (Lipinski definition) is 0. The highest BCUT2D eigenvalue weighted by Crippen LogP contribution is 2.15. The van der Waals surface area contributed by atoms with Crippen LogP contribution in [0.1, 0.15) is 32.1 Å². The molecule has 3 heteroatoms. The van der Waals surface area contributed by atoms with Crippen molar-refractivity contribution < 1.29 is 9.53 Å². The van der Waals surface area contributed by atoms with E-state index in [1.54, 1.807) is 0 Å². The SMILES string of the molecule is O=C1CCN(CC2CCCCO2)CC1. The molecule has 80 valence electrons. The molecule has 2 rings (SSSR count). The van der Waals surface area contributed by atoms with Gasteiger partial charge in [0.1, 0.15) is 5.78 Å². The van der Waals surface area contributed by atoms with Gasteiger partial charge in [-0.1, -0.05) is 0 Å². The summed E-state index contributed by atoms with van der Waals surface area (Å²) in [5.41, 5.74) is 0. The zero-order chi connectivity index (χ0) is 9.80. The van der Waals surface area contributed by atoms with Crippen LogP contribution in [0.4, 0.5) is 0 Å². The van der Waals surface area contributed by atoms with E-state index in [-0.39, 0.29) is 0 Å². The van der Waals surface area contributed by atoms with Crippen molar-refractivity contribution >= 4 is 5.78 Å². The van der Waals surface area contributed by atoms with Crippen LogP contribution in [0.25, 0.3) is 0 Å². The standard InChI is InChI=1S/C11H19NO2/c13-10-4-6-12(7-5-10)9-11-3-1-2-8-14-11/h11H,1-9H2. The molecule has 0 aromatic heterocycles. The summed E-state index contributed by atoms with van der Waals surface area (Å²) >= 11 is 0. The van der Waals surface area contributed by atoms with Crippen molar-refractivity contribution in [2.24, 2.45) is 0 Å². The van der Waals surface area contributed by atoms with Crippen LogP contribution in [0.5, 0.6) is 0 Å². The first-order valence-electron chi connectivity index (χ1n) is 5.70. The number of likely N-dealkylation sites (tertiary alicyclic amines) is 1. The summed E-state index contributed by atoms with van der Waals surface area (Å²) in [4.78, 5) is 13.4. The first-order chi connectivity index (χ1) is 6.84. The zero-order valence-electron chi connectivity index (χ0n) is 8.71. The number of ketones is 1. The second-order valence-electron chi connectivity index (χ2n) is 4.33. The summed E-state index contributed by atoms with van der Waals surface area (Å²) < 4.78 is 5.68. The average Bonchev–Trinajstić information content (AvgIpc) is 2.23. The number of carbonyl (C=O) groups excluding carboxylic acids is 1. The van der Waals surface area contributed by atoms with E-state index in [2.05, 4.69) is 4.90 Å². The summed E-state index contributed by atoms with van der Waals surface area (Å²) in [7, 11) is 0. The molecule has 2 aliphatic rings. The maximum absolute atomic E-state index is 11.0. The molecular formula is C11H19NO2.